The van der Waals surface area contributed by atoms with Crippen LogP contribution in [0.15, 0.2) is 23.2 Å². The fourth-order valence-corrected chi connectivity index (χ4v) is 2.57. The molecular formula is C14H17ClN4O. The first-order valence-corrected chi connectivity index (χ1v) is 7.12. The standard InChI is InChI=1S/C14H17ClN4O/c1-9(2)20-11-5-3-4-10-13(11)19(18-14(10)15)8-12-16-6-7-17-12/h3-5,9H,6-8H2,1-2H3,(H,16,17). The zero-order chi connectivity index (χ0) is 14.1. The highest BCUT2D eigenvalue weighted by atomic mass is 35.5. The maximum absolute atomic E-state index is 6.22. The van der Waals surface area contributed by atoms with Crippen molar-refractivity contribution in [1.29, 1.82) is 0 Å². The Hall–Kier alpha value is -1.75. The number of hydrogen-bond acceptors (Lipinski definition) is 4. The molecule has 0 saturated heterocycles. The van der Waals surface area contributed by atoms with E-state index in [9.17, 15) is 0 Å². The Morgan fingerprint density at radius 2 is 2.30 bits per heavy atom. The maximum atomic E-state index is 6.22. The van der Waals surface area contributed by atoms with Gasteiger partial charge in [0.2, 0.25) is 0 Å². The molecule has 1 aliphatic rings. The van der Waals surface area contributed by atoms with Crippen LogP contribution in [0.2, 0.25) is 5.15 Å². The SMILES string of the molecule is CC(C)Oc1cccc2c(Cl)nn(CC3=NCCN3)c12. The summed E-state index contributed by atoms with van der Waals surface area (Å²) in [5.41, 5.74) is 0.919. The van der Waals surface area contributed by atoms with E-state index in [1.165, 1.54) is 0 Å². The van der Waals surface area contributed by atoms with Crippen LogP contribution in [0.3, 0.4) is 0 Å². The summed E-state index contributed by atoms with van der Waals surface area (Å²) >= 11 is 6.22. The molecule has 0 spiro atoms. The van der Waals surface area contributed by atoms with E-state index in [4.69, 9.17) is 16.3 Å². The highest BCUT2D eigenvalue weighted by Gasteiger charge is 2.16. The van der Waals surface area contributed by atoms with Crippen molar-refractivity contribution in [2.24, 2.45) is 4.99 Å². The van der Waals surface area contributed by atoms with Crippen molar-refractivity contribution in [2.45, 2.75) is 26.5 Å². The maximum Gasteiger partial charge on any atom is 0.159 e. The number of benzene rings is 1. The van der Waals surface area contributed by atoms with Crippen molar-refractivity contribution < 1.29 is 4.74 Å². The molecule has 2 aromatic rings. The van der Waals surface area contributed by atoms with Gasteiger partial charge in [0.1, 0.15) is 17.1 Å². The van der Waals surface area contributed by atoms with Gasteiger partial charge in [-0.25, -0.2) is 0 Å². The molecule has 2 heterocycles. The number of nitrogens with zero attached hydrogens (tertiary/aromatic N) is 3. The molecule has 0 unspecified atom stereocenters. The lowest BCUT2D eigenvalue weighted by atomic mass is 10.2. The Morgan fingerprint density at radius 1 is 1.45 bits per heavy atom. The second kappa shape index (κ2) is 5.32. The van der Waals surface area contributed by atoms with Crippen LogP contribution in [0, 0.1) is 0 Å². The van der Waals surface area contributed by atoms with Gasteiger partial charge in [0.15, 0.2) is 5.15 Å². The number of nitrogens with one attached hydrogen (secondary N) is 1. The number of rotatable bonds is 4. The highest BCUT2D eigenvalue weighted by Crippen LogP contribution is 2.31. The molecule has 0 saturated carbocycles. The fourth-order valence-electron chi connectivity index (χ4n) is 2.32. The number of ether oxygens (including phenoxy) is 1. The highest BCUT2D eigenvalue weighted by molar-refractivity contribution is 6.34. The summed E-state index contributed by atoms with van der Waals surface area (Å²) in [4.78, 5) is 4.40. The summed E-state index contributed by atoms with van der Waals surface area (Å²) < 4.78 is 7.72. The van der Waals surface area contributed by atoms with E-state index < -0.39 is 0 Å². The minimum Gasteiger partial charge on any atom is -0.489 e. The molecule has 0 aliphatic carbocycles. The summed E-state index contributed by atoms with van der Waals surface area (Å²) in [6, 6.07) is 5.84. The molecule has 0 radical (unpaired) electrons. The Kier molecular flexibility index (Phi) is 3.53. The van der Waals surface area contributed by atoms with Crippen molar-refractivity contribution in [3.05, 3.63) is 23.4 Å². The zero-order valence-corrected chi connectivity index (χ0v) is 12.3. The van der Waals surface area contributed by atoms with Gasteiger partial charge in [-0.15, -0.1) is 0 Å². The number of hydrogen-bond donors (Lipinski definition) is 1. The zero-order valence-electron chi connectivity index (χ0n) is 11.6. The quantitative estimate of drug-likeness (QED) is 0.942. The summed E-state index contributed by atoms with van der Waals surface area (Å²) in [6.45, 7) is 6.30. The molecule has 1 aromatic heterocycles. The van der Waals surface area contributed by atoms with Gasteiger partial charge < -0.3 is 10.1 Å². The Morgan fingerprint density at radius 3 is 3.00 bits per heavy atom. The number of aromatic nitrogens is 2. The van der Waals surface area contributed by atoms with E-state index >= 15 is 0 Å². The van der Waals surface area contributed by atoms with Crippen molar-refractivity contribution in [3.63, 3.8) is 0 Å². The van der Waals surface area contributed by atoms with Gasteiger partial charge in [-0.1, -0.05) is 17.7 Å². The van der Waals surface area contributed by atoms with Crippen molar-refractivity contribution >= 4 is 28.3 Å². The van der Waals surface area contributed by atoms with Gasteiger partial charge in [-0.3, -0.25) is 9.67 Å². The molecule has 0 atom stereocenters. The normalized spacial score (nSPS) is 14.7. The summed E-state index contributed by atoms with van der Waals surface area (Å²) in [7, 11) is 0. The Bertz CT molecular complexity index is 662. The van der Waals surface area contributed by atoms with Crippen molar-refractivity contribution in [3.8, 4) is 5.75 Å². The lowest BCUT2D eigenvalue weighted by molar-refractivity contribution is 0.244. The molecule has 0 amide bonds. The van der Waals surface area contributed by atoms with Gasteiger partial charge in [-0.05, 0) is 26.0 Å². The molecule has 0 bridgehead atoms. The van der Waals surface area contributed by atoms with E-state index in [2.05, 4.69) is 15.4 Å². The lowest BCUT2D eigenvalue weighted by Gasteiger charge is -2.12. The Balaban J connectivity index is 2.06. The number of halogens is 1. The fraction of sp³-hybridized carbons (Fsp3) is 0.429. The molecule has 5 nitrogen and oxygen atoms in total. The average Bonchev–Trinajstić information content (AvgIpc) is 2.99. The average molecular weight is 293 g/mol. The molecule has 1 aliphatic heterocycles. The summed E-state index contributed by atoms with van der Waals surface area (Å²) in [6.07, 6.45) is 0.102. The van der Waals surface area contributed by atoms with Crippen LogP contribution < -0.4 is 10.1 Å². The predicted octanol–water partition coefficient (Wildman–Crippen LogP) is 2.48. The van der Waals surface area contributed by atoms with E-state index in [-0.39, 0.29) is 6.10 Å². The van der Waals surface area contributed by atoms with E-state index in [0.717, 1.165) is 35.6 Å². The minimum absolute atomic E-state index is 0.102. The minimum atomic E-state index is 0.102. The third-order valence-corrected chi connectivity index (χ3v) is 3.37. The lowest BCUT2D eigenvalue weighted by Crippen LogP contribution is -2.24. The van der Waals surface area contributed by atoms with Crippen LogP contribution in [0.5, 0.6) is 5.75 Å². The predicted molar refractivity (Wildman–Crippen MR) is 80.8 cm³/mol. The molecule has 1 N–H and O–H groups in total. The summed E-state index contributed by atoms with van der Waals surface area (Å²) in [5, 5.41) is 9.05. The molecule has 20 heavy (non-hydrogen) atoms. The van der Waals surface area contributed by atoms with Gasteiger partial charge >= 0.3 is 0 Å². The number of para-hydroxylation sites is 1. The first kappa shape index (κ1) is 13.2. The van der Waals surface area contributed by atoms with Gasteiger partial charge in [-0.2, -0.15) is 5.10 Å². The molecule has 1 aromatic carbocycles. The topological polar surface area (TPSA) is 51.4 Å². The van der Waals surface area contributed by atoms with Gasteiger partial charge in [0, 0.05) is 11.9 Å². The van der Waals surface area contributed by atoms with Gasteiger partial charge in [0.25, 0.3) is 0 Å². The number of fused-ring (bicyclic) bond motifs is 1. The van der Waals surface area contributed by atoms with Crippen LogP contribution in [-0.2, 0) is 6.54 Å². The number of amidine groups is 1. The van der Waals surface area contributed by atoms with Crippen molar-refractivity contribution in [2.75, 3.05) is 13.1 Å². The number of aliphatic imine (C=N–C) groups is 1. The summed E-state index contributed by atoms with van der Waals surface area (Å²) in [5.74, 6) is 1.74. The Labute approximate surface area is 122 Å². The van der Waals surface area contributed by atoms with Crippen LogP contribution in [0.25, 0.3) is 10.9 Å². The third-order valence-electron chi connectivity index (χ3n) is 3.09. The van der Waals surface area contributed by atoms with Crippen LogP contribution in [-0.4, -0.2) is 34.8 Å². The van der Waals surface area contributed by atoms with E-state index in [1.54, 1.807) is 0 Å². The molecular weight excluding hydrogens is 276 g/mol. The second-order valence-corrected chi connectivity index (χ2v) is 5.38. The monoisotopic (exact) mass is 292 g/mol. The molecule has 3 rings (SSSR count). The van der Waals surface area contributed by atoms with Crippen LogP contribution in [0.4, 0.5) is 0 Å². The van der Waals surface area contributed by atoms with E-state index in [1.807, 2.05) is 36.7 Å². The van der Waals surface area contributed by atoms with E-state index in [0.29, 0.717) is 11.7 Å². The second-order valence-electron chi connectivity index (χ2n) is 5.02. The first-order chi connectivity index (χ1) is 9.65. The molecule has 106 valence electrons. The first-order valence-electron chi connectivity index (χ1n) is 6.74. The van der Waals surface area contributed by atoms with Crippen LogP contribution >= 0.6 is 11.6 Å². The largest absolute Gasteiger partial charge is 0.489 e. The molecule has 6 heteroatoms. The third kappa shape index (κ3) is 2.45. The molecule has 0 fully saturated rings. The van der Waals surface area contributed by atoms with Crippen molar-refractivity contribution in [1.82, 2.24) is 15.1 Å². The smallest absolute Gasteiger partial charge is 0.159 e. The van der Waals surface area contributed by atoms with Gasteiger partial charge in [0.05, 0.1) is 19.2 Å². The van der Waals surface area contributed by atoms with Crippen LogP contribution in [0.1, 0.15) is 13.8 Å².